The Hall–Kier alpha value is -0.650. The van der Waals surface area contributed by atoms with Crippen LogP contribution in [0.25, 0.3) is 0 Å². The van der Waals surface area contributed by atoms with Crippen molar-refractivity contribution in [1.29, 1.82) is 0 Å². The fraction of sp³-hybridized carbons (Fsp3) is 0.846. The van der Waals surface area contributed by atoms with Crippen LogP contribution >= 0.6 is 11.8 Å². The molecule has 3 fully saturated rings. The zero-order valence-corrected chi connectivity index (χ0v) is 11.9. The fourth-order valence-corrected chi connectivity index (χ4v) is 4.39. The van der Waals surface area contributed by atoms with Crippen LogP contribution < -0.4 is 5.32 Å². The van der Waals surface area contributed by atoms with Gasteiger partial charge in [-0.1, -0.05) is 18.2 Å². The van der Waals surface area contributed by atoms with Gasteiger partial charge in [0.2, 0.25) is 5.91 Å². The minimum Gasteiger partial charge on any atom is -0.304 e. The van der Waals surface area contributed by atoms with Crippen molar-refractivity contribution in [2.24, 2.45) is 16.8 Å². The number of thioether (sulfide) groups is 1. The zero-order chi connectivity index (χ0) is 13.8. The van der Waals surface area contributed by atoms with Gasteiger partial charge in [-0.25, -0.2) is 8.78 Å². The summed E-state index contributed by atoms with van der Waals surface area (Å²) in [6, 6.07) is 0.217. The Bertz CT molecular complexity index is 448. The molecule has 3 rings (SSSR count). The smallest absolute Gasteiger partial charge is 0.268 e. The van der Waals surface area contributed by atoms with Crippen molar-refractivity contribution >= 4 is 22.8 Å². The molecule has 1 N–H and O–H groups in total. The van der Waals surface area contributed by atoms with Crippen LogP contribution in [0.1, 0.15) is 39.5 Å². The van der Waals surface area contributed by atoms with Gasteiger partial charge in [-0.15, -0.1) is 0 Å². The normalized spacial score (nSPS) is 44.1. The highest BCUT2D eigenvalue weighted by Gasteiger charge is 2.58. The number of alkyl halides is 2. The summed E-state index contributed by atoms with van der Waals surface area (Å²) >= 11 is 0.882. The lowest BCUT2D eigenvalue weighted by atomic mass is 9.96. The number of rotatable bonds is 2. The van der Waals surface area contributed by atoms with Crippen LogP contribution in [0.5, 0.6) is 0 Å². The van der Waals surface area contributed by atoms with Crippen molar-refractivity contribution in [1.82, 2.24) is 5.32 Å². The van der Waals surface area contributed by atoms with E-state index in [9.17, 15) is 13.6 Å². The quantitative estimate of drug-likeness (QED) is 0.849. The van der Waals surface area contributed by atoms with Crippen molar-refractivity contribution in [3.05, 3.63) is 0 Å². The predicted molar refractivity (Wildman–Crippen MR) is 71.4 cm³/mol. The van der Waals surface area contributed by atoms with Crippen LogP contribution in [0.3, 0.4) is 0 Å². The molecular formula is C13H18F2N2OS. The van der Waals surface area contributed by atoms with Crippen LogP contribution in [0.4, 0.5) is 8.78 Å². The van der Waals surface area contributed by atoms with Crippen LogP contribution in [0.2, 0.25) is 0 Å². The molecule has 3 aliphatic rings. The van der Waals surface area contributed by atoms with Crippen molar-refractivity contribution in [2.75, 3.05) is 0 Å². The van der Waals surface area contributed by atoms with Gasteiger partial charge < -0.3 is 5.32 Å². The number of aliphatic imine (C=N–C) groups is 1. The fourth-order valence-electron chi connectivity index (χ4n) is 3.35. The molecule has 1 saturated heterocycles. The number of amides is 1. The molecule has 0 aromatic heterocycles. The van der Waals surface area contributed by atoms with E-state index < -0.39 is 16.6 Å². The lowest BCUT2D eigenvalue weighted by molar-refractivity contribution is -0.129. The first-order valence-corrected chi connectivity index (χ1v) is 7.57. The topological polar surface area (TPSA) is 41.5 Å². The Labute approximate surface area is 115 Å². The Morgan fingerprint density at radius 1 is 1.42 bits per heavy atom. The second-order valence-electron chi connectivity index (χ2n) is 6.15. The molecule has 0 spiro atoms. The van der Waals surface area contributed by atoms with Crippen molar-refractivity contribution in [3.63, 3.8) is 0 Å². The van der Waals surface area contributed by atoms with Crippen LogP contribution in [-0.2, 0) is 4.79 Å². The number of amidine groups is 1. The molecule has 2 bridgehead atoms. The number of nitrogens with one attached hydrogen (secondary N) is 1. The number of hydrogen-bond donors (Lipinski definition) is 1. The first-order valence-electron chi connectivity index (χ1n) is 6.75. The molecular weight excluding hydrogens is 270 g/mol. The molecule has 2 aliphatic carbocycles. The minimum absolute atomic E-state index is 0.217. The third-order valence-electron chi connectivity index (χ3n) is 4.78. The summed E-state index contributed by atoms with van der Waals surface area (Å²) in [7, 11) is 0. The van der Waals surface area contributed by atoms with Crippen molar-refractivity contribution in [3.8, 4) is 0 Å². The van der Waals surface area contributed by atoms with E-state index in [0.29, 0.717) is 11.1 Å². The Morgan fingerprint density at radius 2 is 2.16 bits per heavy atom. The number of halogens is 2. The molecule has 0 aromatic carbocycles. The zero-order valence-electron chi connectivity index (χ0n) is 11.1. The highest BCUT2D eigenvalue weighted by Crippen LogP contribution is 2.48. The van der Waals surface area contributed by atoms with Crippen LogP contribution in [0, 0.1) is 11.8 Å². The lowest BCUT2D eigenvalue weighted by Gasteiger charge is -2.26. The molecule has 0 radical (unpaired) electrons. The number of nitrogens with zero attached hydrogens (tertiary/aromatic N) is 1. The number of fused-ring (bicyclic) bond motifs is 2. The largest absolute Gasteiger partial charge is 0.304 e. The van der Waals surface area contributed by atoms with E-state index in [-0.39, 0.29) is 6.04 Å². The van der Waals surface area contributed by atoms with E-state index in [2.05, 4.69) is 10.3 Å². The van der Waals surface area contributed by atoms with Gasteiger partial charge in [0.05, 0.1) is 6.04 Å². The van der Waals surface area contributed by atoms with Gasteiger partial charge in [0, 0.05) is 6.92 Å². The molecule has 2 saturated carbocycles. The molecule has 1 heterocycles. The van der Waals surface area contributed by atoms with Crippen molar-refractivity contribution in [2.45, 2.75) is 56.2 Å². The van der Waals surface area contributed by atoms with E-state index in [1.165, 1.54) is 26.2 Å². The second-order valence-corrected chi connectivity index (χ2v) is 7.56. The number of hydrogen-bond acceptors (Lipinski definition) is 3. The monoisotopic (exact) mass is 288 g/mol. The van der Waals surface area contributed by atoms with Gasteiger partial charge in [0.15, 0.2) is 9.91 Å². The Morgan fingerprint density at radius 3 is 2.63 bits per heavy atom. The van der Waals surface area contributed by atoms with Crippen LogP contribution in [-0.4, -0.2) is 27.8 Å². The van der Waals surface area contributed by atoms with Gasteiger partial charge in [-0.2, -0.15) is 0 Å². The second kappa shape index (κ2) is 4.17. The van der Waals surface area contributed by atoms with Gasteiger partial charge in [-0.3, -0.25) is 9.79 Å². The maximum Gasteiger partial charge on any atom is 0.268 e. The summed E-state index contributed by atoms with van der Waals surface area (Å²) in [6.45, 7) is 2.08. The Balaban J connectivity index is 1.76. The molecule has 106 valence electrons. The first-order chi connectivity index (χ1) is 8.79. The van der Waals surface area contributed by atoms with E-state index in [1.807, 2.05) is 0 Å². The standard InChI is InChI=1S/C13H18F2N2OS/c1-12(13(2,14)15)10(18)17-11(19-12)16-9-6-7-3-4-8(9)5-7/h7-9H,3-6H2,1-2H3,(H,16,17,18)/t7?,8?,9-,12?/m0/s1. The first kappa shape index (κ1) is 13.3. The van der Waals surface area contributed by atoms with Crippen LogP contribution in [0.15, 0.2) is 4.99 Å². The molecule has 3 unspecified atom stereocenters. The summed E-state index contributed by atoms with van der Waals surface area (Å²) < 4.78 is 25.4. The van der Waals surface area contributed by atoms with E-state index >= 15 is 0 Å². The molecule has 19 heavy (non-hydrogen) atoms. The predicted octanol–water partition coefficient (Wildman–Crippen LogP) is 2.81. The number of carbonyl (C=O) groups is 1. The average molecular weight is 288 g/mol. The summed E-state index contributed by atoms with van der Waals surface area (Å²) in [4.78, 5) is 16.3. The van der Waals surface area contributed by atoms with Gasteiger partial charge in [0.1, 0.15) is 0 Å². The molecule has 4 atom stereocenters. The molecule has 3 nitrogen and oxygen atoms in total. The maximum absolute atomic E-state index is 13.6. The molecule has 1 amide bonds. The minimum atomic E-state index is -3.06. The third kappa shape index (κ3) is 2.08. The summed E-state index contributed by atoms with van der Waals surface area (Å²) in [5, 5.41) is 2.91. The van der Waals surface area contributed by atoms with E-state index in [4.69, 9.17) is 0 Å². The van der Waals surface area contributed by atoms with E-state index in [0.717, 1.165) is 31.0 Å². The average Bonchev–Trinajstić information content (AvgIpc) is 2.94. The molecule has 6 heteroatoms. The van der Waals surface area contributed by atoms with Gasteiger partial charge in [0.25, 0.3) is 5.92 Å². The SMILES string of the molecule is CC(F)(F)C1(C)SC(=N[C@H]2CC3CCC2C3)NC1=O. The van der Waals surface area contributed by atoms with Crippen molar-refractivity contribution < 1.29 is 13.6 Å². The van der Waals surface area contributed by atoms with E-state index in [1.54, 1.807) is 0 Å². The summed E-state index contributed by atoms with van der Waals surface area (Å²) in [5.41, 5.74) is 0. The van der Waals surface area contributed by atoms with Gasteiger partial charge >= 0.3 is 0 Å². The summed E-state index contributed by atoms with van der Waals surface area (Å²) in [5.74, 6) is -2.36. The lowest BCUT2D eigenvalue weighted by Crippen LogP contribution is -2.47. The Kier molecular flexibility index (Phi) is 2.93. The number of carbonyl (C=O) groups excluding carboxylic acids is 1. The molecule has 0 aromatic rings. The highest BCUT2D eigenvalue weighted by molar-refractivity contribution is 8.16. The molecule has 1 aliphatic heterocycles. The van der Waals surface area contributed by atoms with Gasteiger partial charge in [-0.05, 0) is 38.0 Å². The third-order valence-corrected chi connectivity index (χ3v) is 6.13. The maximum atomic E-state index is 13.6. The summed E-state index contributed by atoms with van der Waals surface area (Å²) in [6.07, 6.45) is 4.72. The highest BCUT2D eigenvalue weighted by atomic mass is 32.2.